The highest BCUT2D eigenvalue weighted by Gasteiger charge is 2.07. The molecule has 4 rings (SSSR count). The van der Waals surface area contributed by atoms with Crippen molar-refractivity contribution in [2.24, 2.45) is 0 Å². The molecule has 0 saturated carbocycles. The van der Waals surface area contributed by atoms with Crippen LogP contribution in [0, 0.1) is 11.3 Å². The number of carbonyl (C=O) groups is 1. The number of benzene rings is 3. The van der Waals surface area contributed by atoms with Crippen molar-refractivity contribution in [1.29, 1.82) is 5.26 Å². The van der Waals surface area contributed by atoms with E-state index in [0.717, 1.165) is 16.9 Å². The minimum Gasteiger partial charge on any atom is -0.340 e. The lowest BCUT2D eigenvalue weighted by atomic mass is 10.1. The first kappa shape index (κ1) is 18.8. The van der Waals surface area contributed by atoms with Gasteiger partial charge in [-0.05, 0) is 42.5 Å². The van der Waals surface area contributed by atoms with Gasteiger partial charge in [0.2, 0.25) is 0 Å². The van der Waals surface area contributed by atoms with E-state index in [1.807, 2.05) is 54.6 Å². The van der Waals surface area contributed by atoms with Crippen molar-refractivity contribution in [3.05, 3.63) is 102 Å². The molecule has 2 N–H and O–H groups in total. The Balaban J connectivity index is 1.44. The average Bonchev–Trinajstić information content (AvgIpc) is 2.81. The molecule has 1 heterocycles. The molecule has 0 saturated heterocycles. The Bertz CT molecular complexity index is 1210. The fraction of sp³-hybridized carbons (Fsp3) is 0. The van der Waals surface area contributed by atoms with Gasteiger partial charge in [-0.3, -0.25) is 4.79 Å². The van der Waals surface area contributed by atoms with Crippen LogP contribution in [0.1, 0.15) is 15.9 Å². The maximum absolute atomic E-state index is 12.4. The van der Waals surface area contributed by atoms with E-state index in [0.29, 0.717) is 22.6 Å². The smallest absolute Gasteiger partial charge is 0.255 e. The van der Waals surface area contributed by atoms with Crippen LogP contribution in [0.25, 0.3) is 11.3 Å². The highest BCUT2D eigenvalue weighted by molar-refractivity contribution is 6.04. The summed E-state index contributed by atoms with van der Waals surface area (Å²) in [6, 6.07) is 27.7. The zero-order valence-electron chi connectivity index (χ0n) is 15.9. The molecular weight excluding hydrogens is 374 g/mol. The van der Waals surface area contributed by atoms with E-state index in [1.54, 1.807) is 36.4 Å². The number of nitriles is 1. The highest BCUT2D eigenvalue weighted by atomic mass is 16.1. The van der Waals surface area contributed by atoms with Gasteiger partial charge >= 0.3 is 0 Å². The van der Waals surface area contributed by atoms with Gasteiger partial charge in [-0.15, -0.1) is 0 Å². The molecule has 4 aromatic rings. The van der Waals surface area contributed by atoms with Gasteiger partial charge in [-0.2, -0.15) is 5.26 Å². The topological polar surface area (TPSA) is 90.7 Å². The Morgan fingerprint density at radius 2 is 1.60 bits per heavy atom. The molecular formula is C24H17N5O. The summed E-state index contributed by atoms with van der Waals surface area (Å²) in [5.41, 5.74) is 4.21. The maximum Gasteiger partial charge on any atom is 0.255 e. The van der Waals surface area contributed by atoms with Crippen molar-refractivity contribution in [3.63, 3.8) is 0 Å². The lowest BCUT2D eigenvalue weighted by Gasteiger charge is -2.09. The summed E-state index contributed by atoms with van der Waals surface area (Å²) in [4.78, 5) is 21.0. The summed E-state index contributed by atoms with van der Waals surface area (Å²) < 4.78 is 0. The molecule has 1 amide bonds. The fourth-order valence-electron chi connectivity index (χ4n) is 2.91. The second-order valence-electron chi connectivity index (χ2n) is 6.50. The minimum absolute atomic E-state index is 0.267. The van der Waals surface area contributed by atoms with Crippen LogP contribution >= 0.6 is 0 Å². The summed E-state index contributed by atoms with van der Waals surface area (Å²) >= 11 is 0. The molecule has 0 fully saturated rings. The van der Waals surface area contributed by atoms with Gasteiger partial charge in [0.05, 0.1) is 17.3 Å². The molecule has 6 nitrogen and oxygen atoms in total. The van der Waals surface area contributed by atoms with E-state index < -0.39 is 0 Å². The Labute approximate surface area is 173 Å². The number of rotatable bonds is 5. The van der Waals surface area contributed by atoms with E-state index in [-0.39, 0.29) is 5.91 Å². The van der Waals surface area contributed by atoms with Crippen LogP contribution in [0.2, 0.25) is 0 Å². The van der Waals surface area contributed by atoms with Crippen LogP contribution in [0.15, 0.2) is 91.3 Å². The van der Waals surface area contributed by atoms with E-state index in [9.17, 15) is 4.79 Å². The summed E-state index contributed by atoms with van der Waals surface area (Å²) in [6.45, 7) is 0. The highest BCUT2D eigenvalue weighted by Crippen LogP contribution is 2.22. The molecule has 0 aliphatic carbocycles. The third-order valence-electron chi connectivity index (χ3n) is 4.41. The quantitative estimate of drug-likeness (QED) is 0.499. The van der Waals surface area contributed by atoms with Crippen LogP contribution < -0.4 is 10.6 Å². The normalized spacial score (nSPS) is 10.1. The van der Waals surface area contributed by atoms with Crippen LogP contribution in [-0.4, -0.2) is 15.9 Å². The first-order valence-corrected chi connectivity index (χ1v) is 9.27. The molecule has 0 aliphatic rings. The fourth-order valence-corrected chi connectivity index (χ4v) is 2.91. The predicted molar refractivity (Wildman–Crippen MR) is 116 cm³/mol. The summed E-state index contributed by atoms with van der Waals surface area (Å²) in [7, 11) is 0. The minimum atomic E-state index is -0.267. The summed E-state index contributed by atoms with van der Waals surface area (Å²) in [5, 5.41) is 15.0. The second kappa shape index (κ2) is 8.67. The maximum atomic E-state index is 12.4. The molecule has 0 aliphatic heterocycles. The molecule has 3 aromatic carbocycles. The van der Waals surface area contributed by atoms with Gasteiger partial charge < -0.3 is 10.6 Å². The van der Waals surface area contributed by atoms with Crippen molar-refractivity contribution < 1.29 is 4.79 Å². The van der Waals surface area contributed by atoms with Gasteiger partial charge in [0.15, 0.2) is 0 Å². The van der Waals surface area contributed by atoms with Crippen LogP contribution in [0.4, 0.5) is 17.2 Å². The lowest BCUT2D eigenvalue weighted by Crippen LogP contribution is -2.11. The monoisotopic (exact) mass is 391 g/mol. The Kier molecular flexibility index (Phi) is 5.45. The predicted octanol–water partition coefficient (Wildman–Crippen LogP) is 5.01. The van der Waals surface area contributed by atoms with Crippen LogP contribution in [0.3, 0.4) is 0 Å². The standard InChI is InChI=1S/C24H17N5O/c25-15-17-5-4-8-19(13-17)24(30)29-21-11-9-20(10-12-21)28-23-14-22(26-16-27-23)18-6-2-1-3-7-18/h1-14,16H,(H,29,30)(H,26,27,28). The Hall–Kier alpha value is -4.50. The van der Waals surface area contributed by atoms with Gasteiger partial charge in [-0.25, -0.2) is 9.97 Å². The van der Waals surface area contributed by atoms with Crippen molar-refractivity contribution in [2.75, 3.05) is 10.6 Å². The van der Waals surface area contributed by atoms with Gasteiger partial charge in [0.25, 0.3) is 5.91 Å². The summed E-state index contributed by atoms with van der Waals surface area (Å²) in [5.74, 6) is 0.407. The Morgan fingerprint density at radius 3 is 2.37 bits per heavy atom. The number of hydrogen-bond acceptors (Lipinski definition) is 5. The van der Waals surface area contributed by atoms with Gasteiger partial charge in [-0.1, -0.05) is 36.4 Å². The first-order chi connectivity index (χ1) is 14.7. The van der Waals surface area contributed by atoms with Crippen molar-refractivity contribution in [1.82, 2.24) is 9.97 Å². The zero-order chi connectivity index (χ0) is 20.8. The van der Waals surface area contributed by atoms with E-state index in [2.05, 4.69) is 20.6 Å². The SMILES string of the molecule is N#Cc1cccc(C(=O)Nc2ccc(Nc3cc(-c4ccccc4)ncn3)cc2)c1. The van der Waals surface area contributed by atoms with Crippen molar-refractivity contribution in [2.45, 2.75) is 0 Å². The second-order valence-corrected chi connectivity index (χ2v) is 6.50. The molecule has 1 aromatic heterocycles. The Morgan fingerprint density at radius 1 is 0.833 bits per heavy atom. The number of carbonyl (C=O) groups excluding carboxylic acids is 1. The largest absolute Gasteiger partial charge is 0.340 e. The lowest BCUT2D eigenvalue weighted by molar-refractivity contribution is 0.102. The molecule has 6 heteroatoms. The third kappa shape index (κ3) is 4.49. The number of anilines is 3. The van der Waals surface area contributed by atoms with Gasteiger partial charge in [0.1, 0.15) is 12.1 Å². The van der Waals surface area contributed by atoms with E-state index in [4.69, 9.17) is 5.26 Å². The number of hydrogen-bond donors (Lipinski definition) is 2. The first-order valence-electron chi connectivity index (χ1n) is 9.27. The molecule has 0 spiro atoms. The third-order valence-corrected chi connectivity index (χ3v) is 4.41. The average molecular weight is 391 g/mol. The molecule has 30 heavy (non-hydrogen) atoms. The van der Waals surface area contributed by atoms with Gasteiger partial charge in [0, 0.05) is 28.6 Å². The molecule has 144 valence electrons. The van der Waals surface area contributed by atoms with E-state index in [1.165, 1.54) is 6.33 Å². The van der Waals surface area contributed by atoms with Crippen LogP contribution in [-0.2, 0) is 0 Å². The molecule has 0 unspecified atom stereocenters. The van der Waals surface area contributed by atoms with Crippen molar-refractivity contribution >= 4 is 23.1 Å². The molecule has 0 atom stereocenters. The summed E-state index contributed by atoms with van der Waals surface area (Å²) in [6.07, 6.45) is 1.52. The van der Waals surface area contributed by atoms with E-state index >= 15 is 0 Å². The number of nitrogens with zero attached hydrogens (tertiary/aromatic N) is 3. The van der Waals surface area contributed by atoms with Crippen molar-refractivity contribution in [3.8, 4) is 17.3 Å². The molecule has 0 bridgehead atoms. The number of amides is 1. The zero-order valence-corrected chi connectivity index (χ0v) is 15.9. The number of nitrogens with one attached hydrogen (secondary N) is 2. The van der Waals surface area contributed by atoms with Crippen LogP contribution in [0.5, 0.6) is 0 Å². The molecule has 0 radical (unpaired) electrons. The number of aromatic nitrogens is 2.